The first-order valence-corrected chi connectivity index (χ1v) is 6.26. The minimum Gasteiger partial charge on any atom is -0.497 e. The lowest BCUT2D eigenvalue weighted by Gasteiger charge is -2.08. The zero-order chi connectivity index (χ0) is 15.1. The first-order chi connectivity index (χ1) is 9.53. The lowest BCUT2D eigenvalue weighted by Crippen LogP contribution is -2.00. The molecule has 1 N–H and O–H groups in total. The van der Waals surface area contributed by atoms with Crippen molar-refractivity contribution in [1.29, 1.82) is 0 Å². The minimum absolute atomic E-state index is 0.356. The van der Waals surface area contributed by atoms with Crippen LogP contribution in [0, 0.1) is 4.91 Å². The maximum Gasteiger partial charge on any atom is 0.119 e. The largest absolute Gasteiger partial charge is 0.497 e. The molecule has 0 saturated heterocycles. The van der Waals surface area contributed by atoms with E-state index in [9.17, 15) is 10.0 Å². The molecule has 20 heavy (non-hydrogen) atoms. The van der Waals surface area contributed by atoms with Crippen molar-refractivity contribution in [1.82, 2.24) is 0 Å². The molecule has 4 heteroatoms. The maximum atomic E-state index is 10.9. The highest BCUT2D eigenvalue weighted by molar-refractivity contribution is 5.75. The molecule has 1 aromatic rings. The normalized spacial score (nSPS) is 13.3. The number of rotatable bonds is 6. The van der Waals surface area contributed by atoms with Crippen molar-refractivity contribution >= 4 is 11.8 Å². The zero-order valence-electron chi connectivity index (χ0n) is 12.0. The molecule has 1 atom stereocenters. The van der Waals surface area contributed by atoms with Crippen LogP contribution in [0.5, 0.6) is 5.75 Å². The summed E-state index contributed by atoms with van der Waals surface area (Å²) in [5.74, 6) is 0.678. The van der Waals surface area contributed by atoms with Crippen LogP contribution in [-0.2, 0) is 0 Å². The van der Waals surface area contributed by atoms with Crippen LogP contribution in [0.15, 0.2) is 47.7 Å². The van der Waals surface area contributed by atoms with Crippen molar-refractivity contribution in [2.45, 2.75) is 20.0 Å². The fraction of sp³-hybridized carbons (Fsp3) is 0.250. The van der Waals surface area contributed by atoms with Crippen LogP contribution in [0.2, 0.25) is 0 Å². The van der Waals surface area contributed by atoms with Gasteiger partial charge in [-0.1, -0.05) is 24.8 Å². The van der Waals surface area contributed by atoms with E-state index >= 15 is 0 Å². The fourth-order valence-corrected chi connectivity index (χ4v) is 1.63. The lowest BCUT2D eigenvalue weighted by molar-refractivity contribution is 0.236. The van der Waals surface area contributed by atoms with Gasteiger partial charge in [-0.3, -0.25) is 0 Å². The SMILES string of the molecule is C=C(/C=C/c1cc(OC)ccc1/C(=C\C)N=O)C(C)O. The molecule has 0 aliphatic carbocycles. The molecule has 106 valence electrons. The third-order valence-electron chi connectivity index (χ3n) is 2.92. The number of hydrogen-bond acceptors (Lipinski definition) is 4. The third kappa shape index (κ3) is 3.90. The zero-order valence-corrected chi connectivity index (χ0v) is 12.0. The Balaban J connectivity index is 3.26. The van der Waals surface area contributed by atoms with Crippen molar-refractivity contribution in [2.24, 2.45) is 5.18 Å². The van der Waals surface area contributed by atoms with Crippen molar-refractivity contribution in [3.05, 3.63) is 58.5 Å². The lowest BCUT2D eigenvalue weighted by atomic mass is 10.0. The van der Waals surface area contributed by atoms with E-state index in [1.807, 2.05) is 0 Å². The summed E-state index contributed by atoms with van der Waals surface area (Å²) < 4.78 is 5.18. The first kappa shape index (κ1) is 15.9. The van der Waals surface area contributed by atoms with Crippen LogP contribution < -0.4 is 4.74 Å². The average molecular weight is 273 g/mol. The van der Waals surface area contributed by atoms with Crippen LogP contribution in [0.4, 0.5) is 0 Å². The molecule has 0 aliphatic heterocycles. The Morgan fingerprint density at radius 1 is 1.50 bits per heavy atom. The van der Waals surface area contributed by atoms with Gasteiger partial charge in [-0.15, -0.1) is 4.91 Å². The number of nitroso groups, excluding NO2 is 1. The van der Waals surface area contributed by atoms with Crippen molar-refractivity contribution in [3.63, 3.8) is 0 Å². The minimum atomic E-state index is -0.620. The van der Waals surface area contributed by atoms with Gasteiger partial charge in [0, 0.05) is 5.56 Å². The summed E-state index contributed by atoms with van der Waals surface area (Å²) >= 11 is 0. The molecule has 0 fully saturated rings. The highest BCUT2D eigenvalue weighted by Crippen LogP contribution is 2.26. The van der Waals surface area contributed by atoms with Gasteiger partial charge in [-0.05, 0) is 48.4 Å². The van der Waals surface area contributed by atoms with E-state index < -0.39 is 6.10 Å². The molecular weight excluding hydrogens is 254 g/mol. The predicted octanol–water partition coefficient (Wildman–Crippen LogP) is 3.77. The molecule has 0 bridgehead atoms. The quantitative estimate of drug-likeness (QED) is 0.634. The van der Waals surface area contributed by atoms with E-state index in [0.29, 0.717) is 22.6 Å². The summed E-state index contributed by atoms with van der Waals surface area (Å²) in [6, 6.07) is 5.35. The molecule has 1 aromatic carbocycles. The molecule has 1 rings (SSSR count). The summed E-state index contributed by atoms with van der Waals surface area (Å²) in [6.45, 7) is 7.15. The summed E-state index contributed by atoms with van der Waals surface area (Å²) in [5.41, 5.74) is 2.42. The van der Waals surface area contributed by atoms with Gasteiger partial charge in [0.25, 0.3) is 0 Å². The Morgan fingerprint density at radius 2 is 2.20 bits per heavy atom. The summed E-state index contributed by atoms with van der Waals surface area (Å²) in [7, 11) is 1.58. The molecule has 0 aromatic heterocycles. The van der Waals surface area contributed by atoms with E-state index in [0.717, 1.165) is 5.56 Å². The van der Waals surface area contributed by atoms with Crippen LogP contribution in [-0.4, -0.2) is 18.3 Å². The Morgan fingerprint density at radius 3 is 2.70 bits per heavy atom. The van der Waals surface area contributed by atoms with Crippen LogP contribution in [0.3, 0.4) is 0 Å². The second-order valence-corrected chi connectivity index (χ2v) is 4.30. The van der Waals surface area contributed by atoms with Gasteiger partial charge in [0.05, 0.1) is 13.2 Å². The number of aliphatic hydroxyl groups is 1. The van der Waals surface area contributed by atoms with Crippen molar-refractivity contribution in [2.75, 3.05) is 7.11 Å². The van der Waals surface area contributed by atoms with Crippen LogP contribution in [0.1, 0.15) is 25.0 Å². The van der Waals surface area contributed by atoms with Gasteiger partial charge in [0.2, 0.25) is 0 Å². The average Bonchev–Trinajstić information content (AvgIpc) is 2.46. The van der Waals surface area contributed by atoms with Gasteiger partial charge < -0.3 is 9.84 Å². The molecule has 0 radical (unpaired) electrons. The number of methoxy groups -OCH3 is 1. The summed E-state index contributed by atoms with van der Waals surface area (Å²) in [6.07, 6.45) is 4.52. The number of ether oxygens (including phenoxy) is 1. The number of nitrogens with zero attached hydrogens (tertiary/aromatic N) is 1. The van der Waals surface area contributed by atoms with Gasteiger partial charge in [0.1, 0.15) is 11.4 Å². The Hall–Kier alpha value is -2.20. The Bertz CT molecular complexity index is 557. The number of benzene rings is 1. The van der Waals surface area contributed by atoms with E-state index in [1.54, 1.807) is 57.4 Å². The monoisotopic (exact) mass is 273 g/mol. The molecule has 0 heterocycles. The van der Waals surface area contributed by atoms with Crippen LogP contribution in [0.25, 0.3) is 11.8 Å². The topological polar surface area (TPSA) is 58.9 Å². The van der Waals surface area contributed by atoms with Crippen molar-refractivity contribution in [3.8, 4) is 5.75 Å². The van der Waals surface area contributed by atoms with Crippen molar-refractivity contribution < 1.29 is 9.84 Å². The van der Waals surface area contributed by atoms with Gasteiger partial charge >= 0.3 is 0 Å². The summed E-state index contributed by atoms with van der Waals surface area (Å²) in [5, 5.41) is 12.4. The second kappa shape index (κ2) is 7.40. The second-order valence-electron chi connectivity index (χ2n) is 4.30. The molecule has 0 spiro atoms. The highest BCUT2D eigenvalue weighted by Gasteiger charge is 2.08. The van der Waals surface area contributed by atoms with Gasteiger partial charge in [-0.25, -0.2) is 0 Å². The highest BCUT2D eigenvalue weighted by atomic mass is 16.5. The molecule has 0 amide bonds. The predicted molar refractivity (Wildman–Crippen MR) is 82.3 cm³/mol. The number of allylic oxidation sites excluding steroid dienone is 1. The molecular formula is C16H19NO3. The number of hydrogen-bond donors (Lipinski definition) is 1. The summed E-state index contributed by atoms with van der Waals surface area (Å²) in [4.78, 5) is 10.9. The van der Waals surface area contributed by atoms with E-state index in [2.05, 4.69) is 11.8 Å². The molecule has 0 aliphatic rings. The van der Waals surface area contributed by atoms with E-state index in [1.165, 1.54) is 0 Å². The van der Waals surface area contributed by atoms with E-state index in [-0.39, 0.29) is 0 Å². The van der Waals surface area contributed by atoms with Crippen LogP contribution >= 0.6 is 0 Å². The fourth-order valence-electron chi connectivity index (χ4n) is 1.63. The Kier molecular flexibility index (Phi) is 5.87. The van der Waals surface area contributed by atoms with E-state index in [4.69, 9.17) is 4.74 Å². The standard InChI is InChI=1S/C16H19NO3/c1-5-16(17-19)15-9-8-14(20-4)10-13(15)7-6-11(2)12(3)18/h5-10,12,18H,2H2,1,3-4H3/b7-6+,16-5+. The molecule has 1 unspecified atom stereocenters. The molecule has 4 nitrogen and oxygen atoms in total. The number of aliphatic hydroxyl groups excluding tert-OH is 1. The first-order valence-electron chi connectivity index (χ1n) is 6.26. The smallest absolute Gasteiger partial charge is 0.119 e. The van der Waals surface area contributed by atoms with Gasteiger partial charge in [0.15, 0.2) is 0 Å². The van der Waals surface area contributed by atoms with Gasteiger partial charge in [-0.2, -0.15) is 0 Å². The third-order valence-corrected chi connectivity index (χ3v) is 2.92. The molecule has 0 saturated carbocycles. The Labute approximate surface area is 119 Å². The maximum absolute atomic E-state index is 10.9.